The zero-order valence-corrected chi connectivity index (χ0v) is 13.8. The number of esters is 1. The number of nitrogens with zero attached hydrogens (tertiary/aromatic N) is 2. The first kappa shape index (κ1) is 15.7. The van der Waals surface area contributed by atoms with Gasteiger partial charge in [-0.2, -0.15) is 0 Å². The molecular weight excluding hydrogens is 336 g/mol. The molecule has 0 amide bonds. The van der Waals surface area contributed by atoms with Crippen LogP contribution in [-0.2, 0) is 16.0 Å². The molecule has 0 fully saturated rings. The molecule has 0 saturated heterocycles. The molecule has 0 spiro atoms. The summed E-state index contributed by atoms with van der Waals surface area (Å²) >= 11 is 3.53. The molecule has 0 N–H and O–H groups in total. The maximum Gasteiger partial charge on any atom is 0.340 e. The Morgan fingerprint density at radius 1 is 1.43 bits per heavy atom. The lowest BCUT2D eigenvalue weighted by Gasteiger charge is -2.11. The average Bonchev–Trinajstić information content (AvgIpc) is 2.76. The number of methoxy groups -OCH3 is 2. The first-order chi connectivity index (χ1) is 10.1. The van der Waals surface area contributed by atoms with Gasteiger partial charge in [0, 0.05) is 37.3 Å². The molecule has 2 rings (SSSR count). The van der Waals surface area contributed by atoms with Crippen molar-refractivity contribution in [3.05, 3.63) is 40.3 Å². The van der Waals surface area contributed by atoms with Gasteiger partial charge in [0.2, 0.25) is 0 Å². The van der Waals surface area contributed by atoms with Crippen LogP contribution in [0.4, 0.5) is 0 Å². The van der Waals surface area contributed by atoms with E-state index in [1.165, 1.54) is 7.11 Å². The van der Waals surface area contributed by atoms with Gasteiger partial charge in [-0.05, 0) is 35.0 Å². The Hall–Kier alpha value is -1.66. The summed E-state index contributed by atoms with van der Waals surface area (Å²) in [5.74, 6) is -0.360. The molecule has 0 aliphatic heterocycles. The number of ether oxygens (including phenoxy) is 2. The van der Waals surface area contributed by atoms with Crippen LogP contribution in [0.2, 0.25) is 0 Å². The Labute approximate surface area is 132 Å². The topological polar surface area (TPSA) is 53.4 Å². The fourth-order valence-electron chi connectivity index (χ4n) is 2.29. The summed E-state index contributed by atoms with van der Waals surface area (Å²) in [7, 11) is 3.03. The molecule has 0 aliphatic carbocycles. The smallest absolute Gasteiger partial charge is 0.340 e. The number of rotatable bonds is 5. The van der Waals surface area contributed by atoms with Gasteiger partial charge in [-0.3, -0.25) is 4.98 Å². The second-order valence-corrected chi connectivity index (χ2v) is 5.29. The zero-order chi connectivity index (χ0) is 15.4. The monoisotopic (exact) mass is 352 g/mol. The van der Waals surface area contributed by atoms with Crippen molar-refractivity contribution in [2.75, 3.05) is 20.8 Å². The Balaban J connectivity index is 2.64. The van der Waals surface area contributed by atoms with E-state index in [0.717, 1.165) is 21.4 Å². The van der Waals surface area contributed by atoms with Crippen molar-refractivity contribution in [3.63, 3.8) is 0 Å². The highest BCUT2D eigenvalue weighted by Gasteiger charge is 2.25. The summed E-state index contributed by atoms with van der Waals surface area (Å²) in [6.07, 6.45) is 3.48. The van der Waals surface area contributed by atoms with Crippen LogP contribution in [0, 0.1) is 6.92 Å². The van der Waals surface area contributed by atoms with Crippen LogP contribution >= 0.6 is 15.9 Å². The van der Waals surface area contributed by atoms with Crippen molar-refractivity contribution >= 4 is 21.9 Å². The van der Waals surface area contributed by atoms with Crippen LogP contribution in [0.25, 0.3) is 11.3 Å². The van der Waals surface area contributed by atoms with Crippen LogP contribution in [0.5, 0.6) is 0 Å². The van der Waals surface area contributed by atoms with Gasteiger partial charge >= 0.3 is 5.97 Å². The molecule has 0 bridgehead atoms. The van der Waals surface area contributed by atoms with E-state index in [0.29, 0.717) is 18.7 Å². The minimum Gasteiger partial charge on any atom is -0.465 e. The third kappa shape index (κ3) is 3.01. The largest absolute Gasteiger partial charge is 0.465 e. The number of halogens is 1. The number of pyridine rings is 1. The lowest BCUT2D eigenvalue weighted by molar-refractivity contribution is 0.0598. The third-order valence-corrected chi connectivity index (χ3v) is 4.08. The zero-order valence-electron chi connectivity index (χ0n) is 12.2. The van der Waals surface area contributed by atoms with Crippen molar-refractivity contribution < 1.29 is 14.3 Å². The Morgan fingerprint density at radius 2 is 2.19 bits per heavy atom. The van der Waals surface area contributed by atoms with Crippen LogP contribution < -0.4 is 0 Å². The molecule has 0 saturated carbocycles. The molecule has 0 aromatic carbocycles. The van der Waals surface area contributed by atoms with Crippen molar-refractivity contribution in [2.24, 2.45) is 0 Å². The van der Waals surface area contributed by atoms with Gasteiger partial charge in [-0.15, -0.1) is 0 Å². The van der Waals surface area contributed by atoms with Gasteiger partial charge in [-0.1, -0.05) is 0 Å². The summed E-state index contributed by atoms with van der Waals surface area (Å²) in [6.45, 7) is 3.09. The van der Waals surface area contributed by atoms with Gasteiger partial charge in [0.1, 0.15) is 0 Å². The minimum atomic E-state index is -0.360. The lowest BCUT2D eigenvalue weighted by atomic mass is 10.2. The molecule has 2 heterocycles. The summed E-state index contributed by atoms with van der Waals surface area (Å²) in [6, 6.07) is 3.82. The van der Waals surface area contributed by atoms with E-state index in [2.05, 4.69) is 20.9 Å². The van der Waals surface area contributed by atoms with Crippen LogP contribution in [0.1, 0.15) is 16.1 Å². The van der Waals surface area contributed by atoms with Crippen LogP contribution in [0.3, 0.4) is 0 Å². The Bertz CT molecular complexity index is 638. The summed E-state index contributed by atoms with van der Waals surface area (Å²) in [5, 5.41) is 0. The molecule has 2 aromatic heterocycles. The van der Waals surface area contributed by atoms with Gasteiger partial charge in [0.15, 0.2) is 0 Å². The van der Waals surface area contributed by atoms with Gasteiger partial charge < -0.3 is 14.0 Å². The van der Waals surface area contributed by atoms with E-state index in [1.54, 1.807) is 19.5 Å². The second-order valence-electron chi connectivity index (χ2n) is 4.50. The molecule has 0 radical (unpaired) electrons. The predicted octanol–water partition coefficient (Wildman–Crippen LogP) is 3.05. The Morgan fingerprint density at radius 3 is 2.76 bits per heavy atom. The third-order valence-electron chi connectivity index (χ3n) is 3.31. The molecule has 112 valence electrons. The fraction of sp³-hybridized carbons (Fsp3) is 0.333. The fourth-order valence-corrected chi connectivity index (χ4v) is 3.18. The molecule has 5 nitrogen and oxygen atoms in total. The number of hydrogen-bond acceptors (Lipinski definition) is 4. The van der Waals surface area contributed by atoms with Crippen molar-refractivity contribution in [1.82, 2.24) is 9.55 Å². The first-order valence-corrected chi connectivity index (χ1v) is 7.27. The van der Waals surface area contributed by atoms with E-state index in [4.69, 9.17) is 9.47 Å². The van der Waals surface area contributed by atoms with Crippen LogP contribution in [-0.4, -0.2) is 36.3 Å². The molecule has 0 aliphatic rings. The maximum absolute atomic E-state index is 12.0. The van der Waals surface area contributed by atoms with E-state index < -0.39 is 0 Å². The van der Waals surface area contributed by atoms with Crippen molar-refractivity contribution in [1.29, 1.82) is 0 Å². The molecule has 0 atom stereocenters. The maximum atomic E-state index is 12.0. The SMILES string of the molecule is COCCn1c(C)c(C(=O)OC)c(Br)c1-c1cccnc1. The van der Waals surface area contributed by atoms with Crippen molar-refractivity contribution in [3.8, 4) is 11.3 Å². The van der Waals surface area contributed by atoms with Crippen LogP contribution in [0.15, 0.2) is 29.0 Å². The molecule has 6 heteroatoms. The highest BCUT2D eigenvalue weighted by molar-refractivity contribution is 9.10. The van der Waals surface area contributed by atoms with Gasteiger partial charge in [0.25, 0.3) is 0 Å². The standard InChI is InChI=1S/C15H17BrN2O3/c1-10-12(15(19)21-3)13(16)14(18(10)7-8-20-2)11-5-4-6-17-9-11/h4-6,9H,7-8H2,1-3H3. The van der Waals surface area contributed by atoms with Crippen molar-refractivity contribution in [2.45, 2.75) is 13.5 Å². The van der Waals surface area contributed by atoms with E-state index in [9.17, 15) is 4.79 Å². The summed E-state index contributed by atoms with van der Waals surface area (Å²) in [5.41, 5.74) is 3.20. The van der Waals surface area contributed by atoms with E-state index >= 15 is 0 Å². The average molecular weight is 353 g/mol. The molecule has 2 aromatic rings. The molecular formula is C15H17BrN2O3. The number of carbonyl (C=O) groups is 1. The van der Waals surface area contributed by atoms with Gasteiger partial charge in [0.05, 0.1) is 29.4 Å². The second kappa shape index (κ2) is 6.87. The number of hydrogen-bond donors (Lipinski definition) is 0. The predicted molar refractivity (Wildman–Crippen MR) is 83.3 cm³/mol. The highest BCUT2D eigenvalue weighted by atomic mass is 79.9. The van der Waals surface area contributed by atoms with Gasteiger partial charge in [-0.25, -0.2) is 4.79 Å². The normalized spacial score (nSPS) is 10.7. The quantitative estimate of drug-likeness (QED) is 0.776. The number of aromatic nitrogens is 2. The first-order valence-electron chi connectivity index (χ1n) is 6.48. The van der Waals surface area contributed by atoms with E-state index in [-0.39, 0.29) is 5.97 Å². The summed E-state index contributed by atoms with van der Waals surface area (Å²) in [4.78, 5) is 16.2. The van der Waals surface area contributed by atoms with E-state index in [1.807, 2.05) is 23.6 Å². The summed E-state index contributed by atoms with van der Waals surface area (Å²) < 4.78 is 12.8. The highest BCUT2D eigenvalue weighted by Crippen LogP contribution is 2.36. The molecule has 21 heavy (non-hydrogen) atoms. The molecule has 0 unspecified atom stereocenters. The lowest BCUT2D eigenvalue weighted by Crippen LogP contribution is -2.09. The Kier molecular flexibility index (Phi) is 5.14. The number of carbonyl (C=O) groups excluding carboxylic acids is 1. The minimum absolute atomic E-state index is 0.360.